The first kappa shape index (κ1) is 23.7. The second-order valence-electron chi connectivity index (χ2n) is 7.03. The van der Waals surface area contributed by atoms with E-state index in [-0.39, 0.29) is 18.6 Å². The third-order valence-corrected chi connectivity index (χ3v) is 4.97. The monoisotopic (exact) mass is 421 g/mol. The second kappa shape index (κ2) is 11.6. The maximum Gasteiger partial charge on any atom is 0.338 e. The fourth-order valence-electron chi connectivity index (χ4n) is 3.53. The summed E-state index contributed by atoms with van der Waals surface area (Å²) < 4.78 is 18.5. The lowest BCUT2D eigenvalue weighted by Gasteiger charge is -2.14. The molecule has 0 aliphatic carbocycles. The zero-order chi connectivity index (χ0) is 22.1. The Balaban J connectivity index is 2.44. The quantitative estimate of drug-likeness (QED) is 0.450. The number of aliphatic carboxylic acids is 1. The van der Waals surface area contributed by atoms with Crippen molar-refractivity contribution in [3.8, 4) is 5.75 Å². The number of rotatable bonds is 14. The van der Waals surface area contributed by atoms with Gasteiger partial charge in [0.25, 0.3) is 0 Å². The molecule has 8 heteroatoms. The summed E-state index contributed by atoms with van der Waals surface area (Å²) in [6.45, 7) is 6.28. The highest BCUT2D eigenvalue weighted by Gasteiger charge is 2.21. The Kier molecular flexibility index (Phi) is 9.14. The van der Waals surface area contributed by atoms with Gasteiger partial charge in [0, 0.05) is 49.9 Å². The zero-order valence-electron chi connectivity index (χ0n) is 17.9. The number of fused-ring (bicyclic) bond motifs is 1. The lowest BCUT2D eigenvalue weighted by atomic mass is 10.0. The number of aromatic carboxylic acids is 1. The number of carbonyl (C=O) groups is 2. The Morgan fingerprint density at radius 2 is 1.87 bits per heavy atom. The van der Waals surface area contributed by atoms with Crippen LogP contribution in [0.15, 0.2) is 12.1 Å². The van der Waals surface area contributed by atoms with Gasteiger partial charge in [0.05, 0.1) is 18.8 Å². The van der Waals surface area contributed by atoms with Gasteiger partial charge in [-0.05, 0) is 50.8 Å². The van der Waals surface area contributed by atoms with E-state index in [9.17, 15) is 14.7 Å². The zero-order valence-corrected chi connectivity index (χ0v) is 17.9. The van der Waals surface area contributed by atoms with E-state index in [0.29, 0.717) is 56.0 Å². The average molecular weight is 421 g/mol. The van der Waals surface area contributed by atoms with Crippen molar-refractivity contribution < 1.29 is 34.0 Å². The molecule has 8 nitrogen and oxygen atoms in total. The molecule has 0 saturated heterocycles. The Morgan fingerprint density at radius 3 is 2.50 bits per heavy atom. The lowest BCUT2D eigenvalue weighted by Crippen LogP contribution is -2.07. The molecule has 1 heterocycles. The molecule has 2 aromatic rings. The summed E-state index contributed by atoms with van der Waals surface area (Å²) >= 11 is 0. The van der Waals surface area contributed by atoms with Crippen molar-refractivity contribution in [1.29, 1.82) is 0 Å². The number of ether oxygens (including phenoxy) is 3. The van der Waals surface area contributed by atoms with E-state index in [2.05, 4.69) is 0 Å². The molecule has 0 radical (unpaired) electrons. The summed E-state index contributed by atoms with van der Waals surface area (Å²) in [5.41, 5.74) is 2.69. The summed E-state index contributed by atoms with van der Waals surface area (Å²) in [5, 5.41) is 19.2. The van der Waals surface area contributed by atoms with Crippen LogP contribution in [0.4, 0.5) is 0 Å². The number of carboxylic acid groups (broad SMARTS) is 2. The van der Waals surface area contributed by atoms with Gasteiger partial charge in [-0.25, -0.2) is 4.79 Å². The minimum atomic E-state index is -0.991. The van der Waals surface area contributed by atoms with Crippen LogP contribution >= 0.6 is 0 Å². The van der Waals surface area contributed by atoms with Crippen LogP contribution in [0, 0.1) is 6.92 Å². The highest BCUT2D eigenvalue weighted by atomic mass is 16.5. The summed E-state index contributed by atoms with van der Waals surface area (Å²) in [7, 11) is 1.61. The molecule has 0 saturated carbocycles. The van der Waals surface area contributed by atoms with E-state index in [1.165, 1.54) is 0 Å². The number of benzene rings is 1. The Morgan fingerprint density at radius 1 is 1.10 bits per heavy atom. The van der Waals surface area contributed by atoms with Crippen molar-refractivity contribution in [2.75, 3.05) is 33.5 Å². The standard InChI is InChI=1S/C22H31NO7/c1-4-29-10-5-7-16-13-18-17(14-19(16)30-11-6-8-20(24)25)21(22(26)27)15(2)23(18)9-12-28-3/h13-14H,4-12H2,1-3H3,(H,24,25)(H,26,27). The van der Waals surface area contributed by atoms with Gasteiger partial charge in [0.1, 0.15) is 5.75 Å². The Labute approximate surface area is 176 Å². The van der Waals surface area contributed by atoms with Crippen LogP contribution in [0.25, 0.3) is 10.9 Å². The molecule has 1 aromatic heterocycles. The van der Waals surface area contributed by atoms with Gasteiger partial charge in [0.2, 0.25) is 0 Å². The molecule has 2 N–H and O–H groups in total. The number of hydrogen-bond donors (Lipinski definition) is 2. The third kappa shape index (κ3) is 5.96. The Hall–Kier alpha value is -2.58. The minimum absolute atomic E-state index is 0.0226. The van der Waals surface area contributed by atoms with Crippen molar-refractivity contribution in [2.24, 2.45) is 0 Å². The normalized spacial score (nSPS) is 11.2. The average Bonchev–Trinajstić information content (AvgIpc) is 2.97. The van der Waals surface area contributed by atoms with Gasteiger partial charge in [-0.1, -0.05) is 0 Å². The lowest BCUT2D eigenvalue weighted by molar-refractivity contribution is -0.137. The maximum absolute atomic E-state index is 11.9. The fraction of sp³-hybridized carbons (Fsp3) is 0.545. The van der Waals surface area contributed by atoms with Gasteiger partial charge in [-0.15, -0.1) is 0 Å². The molecular weight excluding hydrogens is 390 g/mol. The number of nitrogens with zero attached hydrogens (tertiary/aromatic N) is 1. The van der Waals surface area contributed by atoms with Crippen LogP contribution in [-0.4, -0.2) is 60.3 Å². The molecule has 0 atom stereocenters. The molecule has 0 fully saturated rings. The van der Waals surface area contributed by atoms with Crippen molar-refractivity contribution >= 4 is 22.8 Å². The predicted octanol–water partition coefficient (Wildman–Crippen LogP) is 3.51. The van der Waals surface area contributed by atoms with Crippen molar-refractivity contribution in [1.82, 2.24) is 4.57 Å². The van der Waals surface area contributed by atoms with E-state index in [0.717, 1.165) is 17.5 Å². The number of carboxylic acids is 2. The first-order valence-electron chi connectivity index (χ1n) is 10.2. The molecule has 30 heavy (non-hydrogen) atoms. The van der Waals surface area contributed by atoms with Gasteiger partial charge < -0.3 is 29.0 Å². The van der Waals surface area contributed by atoms with Crippen LogP contribution in [-0.2, 0) is 27.2 Å². The molecular formula is C22H31NO7. The highest BCUT2D eigenvalue weighted by molar-refractivity contribution is 6.05. The van der Waals surface area contributed by atoms with Crippen LogP contribution in [0.3, 0.4) is 0 Å². The first-order chi connectivity index (χ1) is 14.4. The van der Waals surface area contributed by atoms with Crippen molar-refractivity contribution in [3.63, 3.8) is 0 Å². The number of aryl methyl sites for hydroxylation is 1. The van der Waals surface area contributed by atoms with E-state index < -0.39 is 11.9 Å². The summed E-state index contributed by atoms with van der Waals surface area (Å²) in [6.07, 6.45) is 1.91. The van der Waals surface area contributed by atoms with Crippen molar-refractivity contribution in [2.45, 2.75) is 46.1 Å². The van der Waals surface area contributed by atoms with E-state index in [1.54, 1.807) is 20.1 Å². The van der Waals surface area contributed by atoms with Crippen molar-refractivity contribution in [3.05, 3.63) is 29.0 Å². The summed E-state index contributed by atoms with van der Waals surface area (Å²) in [6, 6.07) is 3.74. The maximum atomic E-state index is 11.9. The van der Waals surface area contributed by atoms with E-state index in [1.807, 2.05) is 17.6 Å². The smallest absolute Gasteiger partial charge is 0.338 e. The van der Waals surface area contributed by atoms with E-state index >= 15 is 0 Å². The van der Waals surface area contributed by atoms with Gasteiger partial charge in [-0.2, -0.15) is 0 Å². The topological polar surface area (TPSA) is 107 Å². The molecule has 0 amide bonds. The number of methoxy groups -OCH3 is 1. The van der Waals surface area contributed by atoms with Crippen LogP contribution in [0.5, 0.6) is 5.75 Å². The summed E-state index contributed by atoms with van der Waals surface area (Å²) in [5.74, 6) is -1.27. The molecule has 1 aromatic carbocycles. The molecule has 0 aliphatic heterocycles. The van der Waals surface area contributed by atoms with Gasteiger partial charge in [-0.3, -0.25) is 4.79 Å². The molecule has 0 unspecified atom stereocenters. The van der Waals surface area contributed by atoms with Crippen LogP contribution in [0.2, 0.25) is 0 Å². The highest BCUT2D eigenvalue weighted by Crippen LogP contribution is 2.33. The van der Waals surface area contributed by atoms with Crippen LogP contribution in [0.1, 0.15) is 47.8 Å². The largest absolute Gasteiger partial charge is 0.493 e. The Bertz CT molecular complexity index is 872. The molecule has 2 rings (SSSR count). The van der Waals surface area contributed by atoms with Gasteiger partial charge >= 0.3 is 11.9 Å². The van der Waals surface area contributed by atoms with Gasteiger partial charge in [0.15, 0.2) is 0 Å². The fourth-order valence-corrected chi connectivity index (χ4v) is 3.53. The minimum Gasteiger partial charge on any atom is -0.493 e. The SMILES string of the molecule is CCOCCCc1cc2c(cc1OCCCC(=O)O)c(C(=O)O)c(C)n2CCOC. The number of aromatic nitrogens is 1. The van der Waals surface area contributed by atoms with E-state index in [4.69, 9.17) is 19.3 Å². The third-order valence-electron chi connectivity index (χ3n) is 4.97. The summed E-state index contributed by atoms with van der Waals surface area (Å²) in [4.78, 5) is 22.7. The molecule has 166 valence electrons. The number of hydrogen-bond acceptors (Lipinski definition) is 5. The first-order valence-corrected chi connectivity index (χ1v) is 10.2. The molecule has 0 spiro atoms. The molecule has 0 aliphatic rings. The molecule has 0 bridgehead atoms. The predicted molar refractivity (Wildman–Crippen MR) is 113 cm³/mol. The second-order valence-corrected chi connectivity index (χ2v) is 7.03. The van der Waals surface area contributed by atoms with Crippen LogP contribution < -0.4 is 4.74 Å².